The quantitative estimate of drug-likeness (QED) is 0.377. The standard InChI is InChI=1S/C13H18O2/c1-5-8-10-13(15-11(4)14)12(7-3)9-6-2/h6-7,9-10H,2-3,5,8H2,1,4H3/b12-9+,13-10+. The number of carbonyl (C=O) groups is 1. The van der Waals surface area contributed by atoms with Gasteiger partial charge >= 0.3 is 5.97 Å². The summed E-state index contributed by atoms with van der Waals surface area (Å²) in [6.45, 7) is 10.7. The van der Waals surface area contributed by atoms with Crippen molar-refractivity contribution in [3.8, 4) is 0 Å². The number of unbranched alkanes of at least 4 members (excludes halogenated alkanes) is 1. The predicted octanol–water partition coefficient (Wildman–Crippen LogP) is 3.53. The first kappa shape index (κ1) is 13.4. The molecule has 0 aromatic carbocycles. The van der Waals surface area contributed by atoms with Crippen molar-refractivity contribution in [2.75, 3.05) is 0 Å². The summed E-state index contributed by atoms with van der Waals surface area (Å²) in [6.07, 6.45) is 8.80. The molecule has 0 aliphatic carbocycles. The van der Waals surface area contributed by atoms with Gasteiger partial charge in [0.05, 0.1) is 0 Å². The molecule has 0 spiro atoms. The molecule has 0 atom stereocenters. The lowest BCUT2D eigenvalue weighted by molar-refractivity contribution is -0.136. The smallest absolute Gasteiger partial charge is 0.308 e. The van der Waals surface area contributed by atoms with Gasteiger partial charge in [0, 0.05) is 12.5 Å². The molecule has 0 unspecified atom stereocenters. The van der Waals surface area contributed by atoms with Gasteiger partial charge in [-0.3, -0.25) is 4.79 Å². The molecular formula is C13H18O2. The molecule has 0 N–H and O–H groups in total. The van der Waals surface area contributed by atoms with E-state index in [9.17, 15) is 4.79 Å². The fraction of sp³-hybridized carbons (Fsp3) is 0.308. The van der Waals surface area contributed by atoms with E-state index < -0.39 is 0 Å². The Bertz CT molecular complexity index is 296. The Morgan fingerprint density at radius 1 is 1.40 bits per heavy atom. The van der Waals surface area contributed by atoms with E-state index >= 15 is 0 Å². The van der Waals surface area contributed by atoms with E-state index in [4.69, 9.17) is 4.74 Å². The molecule has 0 aliphatic rings. The largest absolute Gasteiger partial charge is 0.426 e. The van der Waals surface area contributed by atoms with Crippen molar-refractivity contribution in [2.24, 2.45) is 0 Å². The van der Waals surface area contributed by atoms with Gasteiger partial charge in [-0.05, 0) is 12.5 Å². The summed E-state index contributed by atoms with van der Waals surface area (Å²) in [5.41, 5.74) is 0.772. The molecule has 0 saturated heterocycles. The number of hydrogen-bond acceptors (Lipinski definition) is 2. The number of rotatable bonds is 6. The molecule has 0 aromatic rings. The summed E-state index contributed by atoms with van der Waals surface area (Å²) in [4.78, 5) is 10.9. The van der Waals surface area contributed by atoms with Crippen molar-refractivity contribution in [3.63, 3.8) is 0 Å². The molecule has 82 valence electrons. The number of allylic oxidation sites excluding steroid dienone is 4. The SMILES string of the molecule is C=C/C=C(C=C)/C(=C\CCC)OC(C)=O. The van der Waals surface area contributed by atoms with Gasteiger partial charge in [0.2, 0.25) is 0 Å². The van der Waals surface area contributed by atoms with E-state index in [2.05, 4.69) is 20.1 Å². The number of esters is 1. The Kier molecular flexibility index (Phi) is 6.98. The molecule has 15 heavy (non-hydrogen) atoms. The molecule has 0 radical (unpaired) electrons. The Labute approximate surface area is 91.6 Å². The van der Waals surface area contributed by atoms with Gasteiger partial charge in [0.1, 0.15) is 5.76 Å². The summed E-state index contributed by atoms with van der Waals surface area (Å²) in [6, 6.07) is 0. The van der Waals surface area contributed by atoms with Gasteiger partial charge in [0.15, 0.2) is 0 Å². The first-order valence-electron chi connectivity index (χ1n) is 4.99. The fourth-order valence-corrected chi connectivity index (χ4v) is 1.03. The van der Waals surface area contributed by atoms with Crippen LogP contribution in [0.1, 0.15) is 26.7 Å². The molecule has 0 heterocycles. The molecule has 0 amide bonds. The van der Waals surface area contributed by atoms with Crippen LogP contribution in [0.4, 0.5) is 0 Å². The summed E-state index contributed by atoms with van der Waals surface area (Å²) in [5.74, 6) is 0.230. The Morgan fingerprint density at radius 3 is 2.47 bits per heavy atom. The Balaban J connectivity index is 4.88. The zero-order chi connectivity index (χ0) is 11.7. The van der Waals surface area contributed by atoms with Gasteiger partial charge in [0.25, 0.3) is 0 Å². The second-order valence-electron chi connectivity index (χ2n) is 3.01. The van der Waals surface area contributed by atoms with Gasteiger partial charge in [-0.25, -0.2) is 0 Å². The van der Waals surface area contributed by atoms with Crippen molar-refractivity contribution in [1.29, 1.82) is 0 Å². The fourth-order valence-electron chi connectivity index (χ4n) is 1.03. The van der Waals surface area contributed by atoms with E-state index in [1.807, 2.05) is 6.08 Å². The van der Waals surface area contributed by atoms with E-state index in [1.165, 1.54) is 6.92 Å². The van der Waals surface area contributed by atoms with Crippen molar-refractivity contribution < 1.29 is 9.53 Å². The highest BCUT2D eigenvalue weighted by molar-refractivity contribution is 5.68. The van der Waals surface area contributed by atoms with Gasteiger partial charge in [-0.2, -0.15) is 0 Å². The molecule has 2 nitrogen and oxygen atoms in total. The molecule has 0 aliphatic heterocycles. The minimum Gasteiger partial charge on any atom is -0.426 e. The van der Waals surface area contributed by atoms with Crippen LogP contribution < -0.4 is 0 Å². The van der Waals surface area contributed by atoms with Crippen LogP contribution in [0, 0.1) is 0 Å². The first-order valence-corrected chi connectivity index (χ1v) is 4.99. The molecule has 0 fully saturated rings. The lowest BCUT2D eigenvalue weighted by atomic mass is 10.1. The third-order valence-electron chi connectivity index (χ3n) is 1.67. The monoisotopic (exact) mass is 206 g/mol. The maximum Gasteiger partial charge on any atom is 0.308 e. The topological polar surface area (TPSA) is 26.3 Å². The molecule has 2 heteroatoms. The van der Waals surface area contributed by atoms with E-state index in [1.54, 1.807) is 18.2 Å². The van der Waals surface area contributed by atoms with Crippen LogP contribution in [0.3, 0.4) is 0 Å². The van der Waals surface area contributed by atoms with Crippen LogP contribution in [0.25, 0.3) is 0 Å². The molecule has 0 aromatic heterocycles. The summed E-state index contributed by atoms with van der Waals surface area (Å²) < 4.78 is 5.09. The second-order valence-corrected chi connectivity index (χ2v) is 3.01. The second kappa shape index (κ2) is 7.80. The van der Waals surface area contributed by atoms with Crippen molar-refractivity contribution in [2.45, 2.75) is 26.7 Å². The third-order valence-corrected chi connectivity index (χ3v) is 1.67. The normalized spacial score (nSPS) is 12.1. The minimum atomic E-state index is -0.325. The molecular weight excluding hydrogens is 188 g/mol. The third kappa shape index (κ3) is 5.68. The summed E-state index contributed by atoms with van der Waals surface area (Å²) in [5, 5.41) is 0. The van der Waals surface area contributed by atoms with Gasteiger partial charge in [-0.15, -0.1) is 0 Å². The molecule has 0 bridgehead atoms. The van der Waals surface area contributed by atoms with E-state index in [-0.39, 0.29) is 5.97 Å². The number of hydrogen-bond donors (Lipinski definition) is 0. The lowest BCUT2D eigenvalue weighted by Gasteiger charge is -2.07. The van der Waals surface area contributed by atoms with E-state index in [0.29, 0.717) is 5.76 Å². The van der Waals surface area contributed by atoms with Crippen molar-refractivity contribution in [3.05, 3.63) is 48.8 Å². The lowest BCUT2D eigenvalue weighted by Crippen LogP contribution is -2.00. The highest BCUT2D eigenvalue weighted by atomic mass is 16.5. The molecule has 0 saturated carbocycles. The zero-order valence-corrected chi connectivity index (χ0v) is 9.45. The zero-order valence-electron chi connectivity index (χ0n) is 9.45. The average Bonchev–Trinajstić information content (AvgIpc) is 2.20. The van der Waals surface area contributed by atoms with E-state index in [0.717, 1.165) is 18.4 Å². The average molecular weight is 206 g/mol. The van der Waals surface area contributed by atoms with Crippen LogP contribution in [-0.4, -0.2) is 5.97 Å². The van der Waals surface area contributed by atoms with Crippen LogP contribution in [0.15, 0.2) is 48.8 Å². The molecule has 0 rings (SSSR count). The van der Waals surface area contributed by atoms with Crippen LogP contribution in [0.5, 0.6) is 0 Å². The summed E-state index contributed by atoms with van der Waals surface area (Å²) in [7, 11) is 0. The first-order chi connectivity index (χ1) is 7.15. The van der Waals surface area contributed by atoms with Crippen LogP contribution in [0.2, 0.25) is 0 Å². The maximum absolute atomic E-state index is 10.9. The Hall–Kier alpha value is -1.57. The van der Waals surface area contributed by atoms with Gasteiger partial charge < -0.3 is 4.74 Å². The highest BCUT2D eigenvalue weighted by Gasteiger charge is 2.04. The van der Waals surface area contributed by atoms with Crippen LogP contribution >= 0.6 is 0 Å². The van der Waals surface area contributed by atoms with Gasteiger partial charge in [-0.1, -0.05) is 44.7 Å². The minimum absolute atomic E-state index is 0.325. The predicted molar refractivity (Wildman–Crippen MR) is 63.2 cm³/mol. The summed E-state index contributed by atoms with van der Waals surface area (Å²) >= 11 is 0. The van der Waals surface area contributed by atoms with Crippen molar-refractivity contribution >= 4 is 5.97 Å². The number of ether oxygens (including phenoxy) is 1. The number of carbonyl (C=O) groups excluding carboxylic acids is 1. The van der Waals surface area contributed by atoms with Crippen molar-refractivity contribution in [1.82, 2.24) is 0 Å². The highest BCUT2D eigenvalue weighted by Crippen LogP contribution is 2.14. The Morgan fingerprint density at radius 2 is 2.07 bits per heavy atom. The maximum atomic E-state index is 10.9. The van der Waals surface area contributed by atoms with Crippen LogP contribution in [-0.2, 0) is 9.53 Å².